The van der Waals surface area contributed by atoms with Gasteiger partial charge in [-0.25, -0.2) is 0 Å². The monoisotopic (exact) mass is 451 g/mol. The van der Waals surface area contributed by atoms with E-state index < -0.39 is 28.5 Å². The van der Waals surface area contributed by atoms with Gasteiger partial charge in [-0.2, -0.15) is 5.10 Å². The van der Waals surface area contributed by atoms with Crippen LogP contribution in [0.4, 0.5) is 0 Å². The van der Waals surface area contributed by atoms with Crippen LogP contribution in [0.5, 0.6) is 17.2 Å². The Morgan fingerprint density at radius 2 is 1.85 bits per heavy atom. The zero-order chi connectivity index (χ0) is 24.4. The van der Waals surface area contributed by atoms with Crippen LogP contribution >= 0.6 is 0 Å². The minimum absolute atomic E-state index is 0.00775. The summed E-state index contributed by atoms with van der Waals surface area (Å²) in [5.74, 6) is -2.47. The molecule has 1 aromatic carbocycles. The number of benzene rings is 1. The topological polar surface area (TPSA) is 142 Å². The molecular weight excluding hydrogens is 426 g/mol. The summed E-state index contributed by atoms with van der Waals surface area (Å²) in [4.78, 5) is 38.9. The zero-order valence-corrected chi connectivity index (χ0v) is 19.3. The molecule has 33 heavy (non-hydrogen) atoms. The van der Waals surface area contributed by atoms with Crippen molar-refractivity contribution in [3.63, 3.8) is 0 Å². The summed E-state index contributed by atoms with van der Waals surface area (Å²) in [6, 6.07) is 0. The highest BCUT2D eigenvalue weighted by atomic mass is 16.5. The lowest BCUT2D eigenvalue weighted by atomic mass is 9.70. The first kappa shape index (κ1) is 22.3. The molecule has 4 rings (SSSR count). The van der Waals surface area contributed by atoms with Gasteiger partial charge in [0.15, 0.2) is 17.3 Å². The van der Waals surface area contributed by atoms with Crippen molar-refractivity contribution in [2.45, 2.75) is 53.5 Å². The number of rotatable bonds is 4. The molecular formula is C24H25N3O6. The standard InChI is InChI=1S/C24H25N3O6/c1-9-20(30)18(13(5)28)22-19(21(9)31)24(6)16(33-22)7-15(29)17(23(24)32)12(4)25-8-14-10(2)26-27-11(14)3/h7,25,30-31H,8H2,1-6H3,(H,26,27)/t24-/m0/s1. The second kappa shape index (κ2) is 7.33. The number of aryl methyl sites for hydroxylation is 2. The summed E-state index contributed by atoms with van der Waals surface area (Å²) in [6.07, 6.45) is 1.20. The number of nitrogens with one attached hydrogen (secondary N) is 2. The van der Waals surface area contributed by atoms with Gasteiger partial charge in [0.05, 0.1) is 16.8 Å². The molecule has 0 spiro atoms. The van der Waals surface area contributed by atoms with Crippen molar-refractivity contribution in [3.8, 4) is 17.2 Å². The number of nitrogens with zero attached hydrogens (tertiary/aromatic N) is 1. The third-order valence-corrected chi connectivity index (χ3v) is 6.57. The molecule has 9 nitrogen and oxygen atoms in total. The number of Topliss-reactive ketones (excluding diaryl/α,β-unsaturated/α-hetero) is 2. The van der Waals surface area contributed by atoms with E-state index in [2.05, 4.69) is 15.5 Å². The average Bonchev–Trinajstić information content (AvgIpc) is 3.21. The molecule has 0 unspecified atom stereocenters. The van der Waals surface area contributed by atoms with Crippen LogP contribution < -0.4 is 10.1 Å². The van der Waals surface area contributed by atoms with Crippen molar-refractivity contribution >= 4 is 17.3 Å². The Balaban J connectivity index is 1.85. The molecule has 9 heteroatoms. The van der Waals surface area contributed by atoms with Gasteiger partial charge in [-0.15, -0.1) is 0 Å². The van der Waals surface area contributed by atoms with Gasteiger partial charge in [-0.3, -0.25) is 19.5 Å². The van der Waals surface area contributed by atoms with E-state index >= 15 is 0 Å². The van der Waals surface area contributed by atoms with Gasteiger partial charge in [-0.05, 0) is 41.5 Å². The van der Waals surface area contributed by atoms with Gasteiger partial charge < -0.3 is 20.3 Å². The molecule has 1 aliphatic carbocycles. The van der Waals surface area contributed by atoms with E-state index in [0.717, 1.165) is 17.0 Å². The lowest BCUT2D eigenvalue weighted by Gasteiger charge is -2.29. The average molecular weight is 451 g/mol. The van der Waals surface area contributed by atoms with Crippen molar-refractivity contribution in [1.82, 2.24) is 15.5 Å². The number of carbonyl (C=O) groups is 3. The van der Waals surface area contributed by atoms with Gasteiger partial charge in [0.2, 0.25) is 0 Å². The molecule has 1 atom stereocenters. The predicted molar refractivity (Wildman–Crippen MR) is 118 cm³/mol. The fraction of sp³-hybridized carbons (Fsp3) is 0.333. The van der Waals surface area contributed by atoms with E-state index in [1.807, 2.05) is 13.8 Å². The molecule has 0 saturated carbocycles. The number of fused-ring (bicyclic) bond motifs is 3. The minimum Gasteiger partial charge on any atom is -0.507 e. The van der Waals surface area contributed by atoms with Crippen LogP contribution in [0.25, 0.3) is 0 Å². The molecule has 0 fully saturated rings. The highest BCUT2D eigenvalue weighted by Gasteiger charge is 2.56. The summed E-state index contributed by atoms with van der Waals surface area (Å²) in [7, 11) is 0. The van der Waals surface area contributed by atoms with Crippen LogP contribution in [0, 0.1) is 20.8 Å². The maximum atomic E-state index is 13.8. The SMILES string of the molecule is CC(=O)c1c(O)c(C)c(O)c2c1OC1=CC(=O)C(=C(C)NCc3c(C)n[nH]c3C)C(=O)[C@@]12C. The Bertz CT molecular complexity index is 1310. The maximum absolute atomic E-state index is 13.8. The number of aromatic amines is 1. The first-order chi connectivity index (χ1) is 15.4. The van der Waals surface area contributed by atoms with Crippen LogP contribution in [0.15, 0.2) is 23.1 Å². The molecule has 2 aromatic rings. The molecule has 0 amide bonds. The fourth-order valence-corrected chi connectivity index (χ4v) is 4.51. The second-order valence-electron chi connectivity index (χ2n) is 8.65. The number of H-pyrrole nitrogens is 1. The number of allylic oxidation sites excluding steroid dienone is 4. The lowest BCUT2D eigenvalue weighted by Crippen LogP contribution is -2.41. The lowest BCUT2D eigenvalue weighted by molar-refractivity contribution is -0.123. The van der Waals surface area contributed by atoms with Crippen molar-refractivity contribution in [2.24, 2.45) is 0 Å². The summed E-state index contributed by atoms with van der Waals surface area (Å²) < 4.78 is 5.77. The van der Waals surface area contributed by atoms with Crippen LogP contribution in [0.3, 0.4) is 0 Å². The number of carbonyl (C=O) groups excluding carboxylic acids is 3. The molecule has 2 heterocycles. The van der Waals surface area contributed by atoms with Crippen LogP contribution in [0.1, 0.15) is 59.2 Å². The molecule has 2 aliphatic rings. The smallest absolute Gasteiger partial charge is 0.194 e. The van der Waals surface area contributed by atoms with Crippen LogP contribution in [-0.2, 0) is 21.5 Å². The number of ketones is 3. The molecule has 0 radical (unpaired) electrons. The first-order valence-electron chi connectivity index (χ1n) is 10.4. The summed E-state index contributed by atoms with van der Waals surface area (Å²) in [6.45, 7) is 9.97. The van der Waals surface area contributed by atoms with E-state index in [1.165, 1.54) is 26.8 Å². The van der Waals surface area contributed by atoms with Crippen LogP contribution in [0.2, 0.25) is 0 Å². The summed E-state index contributed by atoms with van der Waals surface area (Å²) >= 11 is 0. The fourth-order valence-electron chi connectivity index (χ4n) is 4.51. The van der Waals surface area contributed by atoms with E-state index in [4.69, 9.17) is 4.74 Å². The second-order valence-corrected chi connectivity index (χ2v) is 8.65. The number of aromatic hydroxyl groups is 2. The third kappa shape index (κ3) is 2.99. The largest absolute Gasteiger partial charge is 0.507 e. The number of phenolic OH excluding ortho intramolecular Hbond substituents is 2. The van der Waals surface area contributed by atoms with E-state index in [1.54, 1.807) is 6.92 Å². The molecule has 0 saturated heterocycles. The zero-order valence-electron chi connectivity index (χ0n) is 19.3. The molecule has 172 valence electrons. The molecule has 0 bridgehead atoms. The van der Waals surface area contributed by atoms with E-state index in [-0.39, 0.29) is 39.5 Å². The van der Waals surface area contributed by atoms with Gasteiger partial charge in [0, 0.05) is 35.1 Å². The Labute approximate surface area is 190 Å². The van der Waals surface area contributed by atoms with Crippen molar-refractivity contribution in [2.75, 3.05) is 0 Å². The van der Waals surface area contributed by atoms with E-state index in [0.29, 0.717) is 12.2 Å². The Kier molecular flexibility index (Phi) is 4.96. The minimum atomic E-state index is -1.53. The van der Waals surface area contributed by atoms with Crippen molar-refractivity contribution in [1.29, 1.82) is 0 Å². The summed E-state index contributed by atoms with van der Waals surface area (Å²) in [5.41, 5.74) is 1.38. The maximum Gasteiger partial charge on any atom is 0.194 e. The van der Waals surface area contributed by atoms with Gasteiger partial charge in [-0.1, -0.05) is 0 Å². The molecule has 1 aromatic heterocycles. The Hall–Kier alpha value is -3.88. The quantitative estimate of drug-likeness (QED) is 0.316. The van der Waals surface area contributed by atoms with Crippen molar-refractivity contribution in [3.05, 3.63) is 56.7 Å². The number of hydrogen-bond acceptors (Lipinski definition) is 8. The van der Waals surface area contributed by atoms with E-state index in [9.17, 15) is 24.6 Å². The number of hydrogen-bond donors (Lipinski definition) is 4. The predicted octanol–water partition coefficient (Wildman–Crippen LogP) is 2.70. The first-order valence-corrected chi connectivity index (χ1v) is 10.4. The Morgan fingerprint density at radius 3 is 2.42 bits per heavy atom. The van der Waals surface area contributed by atoms with Gasteiger partial charge in [0.25, 0.3) is 0 Å². The normalized spacial score (nSPS) is 20.7. The van der Waals surface area contributed by atoms with Crippen molar-refractivity contribution < 1.29 is 29.3 Å². The third-order valence-electron chi connectivity index (χ3n) is 6.57. The highest BCUT2D eigenvalue weighted by molar-refractivity contribution is 6.31. The Morgan fingerprint density at radius 1 is 1.18 bits per heavy atom. The molecule has 4 N–H and O–H groups in total. The number of aromatic nitrogens is 2. The van der Waals surface area contributed by atoms with Gasteiger partial charge in [0.1, 0.15) is 34.0 Å². The van der Waals surface area contributed by atoms with Crippen LogP contribution in [-0.4, -0.2) is 37.8 Å². The number of phenols is 2. The highest BCUT2D eigenvalue weighted by Crippen LogP contribution is 2.57. The van der Waals surface area contributed by atoms with Gasteiger partial charge >= 0.3 is 0 Å². The summed E-state index contributed by atoms with van der Waals surface area (Å²) in [5, 5.41) is 31.5. The number of ether oxygens (including phenoxy) is 1. The molecule has 1 aliphatic heterocycles.